The number of oxazole rings is 1. The summed E-state index contributed by atoms with van der Waals surface area (Å²) in [7, 11) is 0. The van der Waals surface area contributed by atoms with Gasteiger partial charge in [0, 0.05) is 6.54 Å². The maximum absolute atomic E-state index is 12.9. The average Bonchev–Trinajstić information content (AvgIpc) is 2.79. The normalized spacial score (nSPS) is 23.7. The van der Waals surface area contributed by atoms with Crippen molar-refractivity contribution < 1.29 is 22.7 Å². The predicted molar refractivity (Wildman–Crippen MR) is 58.0 cm³/mol. The Labute approximate surface area is 102 Å². The highest BCUT2D eigenvalue weighted by Gasteiger charge is 2.55. The number of nitrogens with zero attached hydrogens (tertiary/aromatic N) is 2. The first-order chi connectivity index (χ1) is 8.26. The Morgan fingerprint density at radius 1 is 1.56 bits per heavy atom. The summed E-state index contributed by atoms with van der Waals surface area (Å²) in [5.41, 5.74) is -0.785. The van der Waals surface area contributed by atoms with Crippen molar-refractivity contribution in [2.75, 3.05) is 11.4 Å². The number of rotatable bonds is 2. The Bertz CT molecular complexity index is 428. The molecule has 1 aromatic heterocycles. The van der Waals surface area contributed by atoms with E-state index >= 15 is 0 Å². The number of alkyl halides is 3. The molecule has 0 saturated carbocycles. The number of hydrogen-bond donors (Lipinski definition) is 1. The van der Waals surface area contributed by atoms with E-state index in [1.807, 2.05) is 0 Å². The first-order valence-corrected chi connectivity index (χ1v) is 5.66. The molecule has 2 heterocycles. The van der Waals surface area contributed by atoms with Crippen LogP contribution in [-0.2, 0) is 6.61 Å². The number of aromatic nitrogens is 1. The van der Waals surface area contributed by atoms with Gasteiger partial charge in [0.25, 0.3) is 6.01 Å². The third-order valence-electron chi connectivity index (χ3n) is 3.52. The summed E-state index contributed by atoms with van der Waals surface area (Å²) in [5, 5.41) is 8.88. The lowest BCUT2D eigenvalue weighted by Gasteiger charge is -2.35. The Balaban J connectivity index is 2.26. The fourth-order valence-electron chi connectivity index (χ4n) is 2.49. The van der Waals surface area contributed by atoms with E-state index in [1.165, 1.54) is 25.0 Å². The topological polar surface area (TPSA) is 49.5 Å². The van der Waals surface area contributed by atoms with Crippen LogP contribution in [0.25, 0.3) is 0 Å². The maximum Gasteiger partial charge on any atom is 0.394 e. The number of halogens is 3. The van der Waals surface area contributed by atoms with Gasteiger partial charge in [0.2, 0.25) is 0 Å². The molecule has 1 saturated heterocycles. The van der Waals surface area contributed by atoms with Crippen molar-refractivity contribution in [3.63, 3.8) is 0 Å². The van der Waals surface area contributed by atoms with E-state index in [9.17, 15) is 13.2 Å². The second kappa shape index (κ2) is 4.15. The minimum atomic E-state index is -4.23. The van der Waals surface area contributed by atoms with Crippen LogP contribution in [0.1, 0.15) is 26.0 Å². The fourth-order valence-corrected chi connectivity index (χ4v) is 2.49. The SMILES string of the molecule is CC1(C)C(C(F)(F)F)CCN1c1nc(CO)co1. The van der Waals surface area contributed by atoms with Crippen molar-refractivity contribution in [3.05, 3.63) is 12.0 Å². The first kappa shape index (κ1) is 13.2. The Hall–Kier alpha value is -1.24. The molecule has 2 rings (SSSR count). The van der Waals surface area contributed by atoms with Crippen molar-refractivity contribution in [2.24, 2.45) is 5.92 Å². The standard InChI is InChI=1S/C11H15F3N2O2/c1-10(2)8(11(12,13)14)3-4-16(10)9-15-7(5-17)6-18-9/h6,8,17H,3-5H2,1-2H3. The molecular formula is C11H15F3N2O2. The molecule has 0 aromatic carbocycles. The summed E-state index contributed by atoms with van der Waals surface area (Å²) in [6.07, 6.45) is -2.95. The van der Waals surface area contributed by atoms with Crippen molar-refractivity contribution in [1.82, 2.24) is 4.98 Å². The van der Waals surface area contributed by atoms with Gasteiger partial charge < -0.3 is 14.4 Å². The van der Waals surface area contributed by atoms with Crippen LogP contribution in [0.15, 0.2) is 10.7 Å². The third-order valence-corrected chi connectivity index (χ3v) is 3.52. The van der Waals surface area contributed by atoms with Gasteiger partial charge in [-0.05, 0) is 20.3 Å². The van der Waals surface area contributed by atoms with Crippen molar-refractivity contribution >= 4 is 6.01 Å². The van der Waals surface area contributed by atoms with Gasteiger partial charge in [-0.15, -0.1) is 0 Å². The second-order valence-corrected chi connectivity index (χ2v) is 4.97. The summed E-state index contributed by atoms with van der Waals surface area (Å²) in [6, 6.07) is 0.135. The minimum Gasteiger partial charge on any atom is -0.432 e. The van der Waals surface area contributed by atoms with Crippen molar-refractivity contribution in [3.8, 4) is 0 Å². The van der Waals surface area contributed by atoms with Gasteiger partial charge in [0.05, 0.1) is 18.1 Å². The number of hydrogen-bond acceptors (Lipinski definition) is 4. The second-order valence-electron chi connectivity index (χ2n) is 4.97. The van der Waals surface area contributed by atoms with Crippen LogP contribution in [0.5, 0.6) is 0 Å². The lowest BCUT2D eigenvalue weighted by Crippen LogP contribution is -2.47. The average molecular weight is 264 g/mol. The molecule has 0 radical (unpaired) electrons. The summed E-state index contributed by atoms with van der Waals surface area (Å²) in [4.78, 5) is 5.47. The van der Waals surface area contributed by atoms with Gasteiger partial charge in [0.1, 0.15) is 12.0 Å². The summed E-state index contributed by atoms with van der Waals surface area (Å²) < 4.78 is 43.8. The van der Waals surface area contributed by atoms with E-state index < -0.39 is 17.6 Å². The molecule has 0 amide bonds. The zero-order chi connectivity index (χ0) is 13.6. The molecular weight excluding hydrogens is 249 g/mol. The van der Waals surface area contributed by atoms with E-state index in [-0.39, 0.29) is 25.6 Å². The quantitative estimate of drug-likeness (QED) is 0.890. The van der Waals surface area contributed by atoms with Crippen LogP contribution in [0.4, 0.5) is 19.2 Å². The smallest absolute Gasteiger partial charge is 0.394 e. The molecule has 18 heavy (non-hydrogen) atoms. The largest absolute Gasteiger partial charge is 0.432 e. The van der Waals surface area contributed by atoms with E-state index in [0.717, 1.165) is 0 Å². The molecule has 1 fully saturated rings. The van der Waals surface area contributed by atoms with E-state index in [1.54, 1.807) is 0 Å². The highest BCUT2D eigenvalue weighted by atomic mass is 19.4. The molecule has 0 bridgehead atoms. The molecule has 1 aliphatic rings. The Morgan fingerprint density at radius 3 is 2.67 bits per heavy atom. The van der Waals surface area contributed by atoms with E-state index in [2.05, 4.69) is 4.98 Å². The zero-order valence-electron chi connectivity index (χ0n) is 10.2. The predicted octanol–water partition coefficient (Wildman–Crippen LogP) is 2.33. The molecule has 4 nitrogen and oxygen atoms in total. The summed E-state index contributed by atoms with van der Waals surface area (Å²) >= 11 is 0. The molecule has 0 aliphatic carbocycles. The van der Waals surface area contributed by atoms with Gasteiger partial charge in [-0.25, -0.2) is 0 Å². The van der Waals surface area contributed by atoms with Crippen LogP contribution < -0.4 is 4.90 Å². The van der Waals surface area contributed by atoms with Crippen molar-refractivity contribution in [2.45, 2.75) is 38.6 Å². The highest BCUT2D eigenvalue weighted by molar-refractivity contribution is 5.35. The molecule has 1 atom stereocenters. The molecule has 102 valence electrons. The monoisotopic (exact) mass is 264 g/mol. The van der Waals surface area contributed by atoms with Crippen LogP contribution in [0, 0.1) is 5.92 Å². The third kappa shape index (κ3) is 2.07. The molecule has 1 unspecified atom stereocenters. The Morgan fingerprint density at radius 2 is 2.22 bits per heavy atom. The van der Waals surface area contributed by atoms with Gasteiger partial charge in [0.15, 0.2) is 0 Å². The molecule has 7 heteroatoms. The summed E-state index contributed by atoms with van der Waals surface area (Å²) in [6.45, 7) is 3.00. The lowest BCUT2D eigenvalue weighted by molar-refractivity contribution is -0.183. The number of aliphatic hydroxyl groups excluding tert-OH is 1. The molecule has 1 aliphatic heterocycles. The fraction of sp³-hybridized carbons (Fsp3) is 0.727. The number of anilines is 1. The van der Waals surface area contributed by atoms with Gasteiger partial charge >= 0.3 is 6.18 Å². The molecule has 1 aromatic rings. The number of aliphatic hydroxyl groups is 1. The molecule has 0 spiro atoms. The van der Waals surface area contributed by atoms with E-state index in [0.29, 0.717) is 5.69 Å². The van der Waals surface area contributed by atoms with Crippen LogP contribution >= 0.6 is 0 Å². The maximum atomic E-state index is 12.9. The van der Waals surface area contributed by atoms with Gasteiger partial charge in [-0.1, -0.05) is 0 Å². The lowest BCUT2D eigenvalue weighted by atomic mass is 9.88. The highest BCUT2D eigenvalue weighted by Crippen LogP contribution is 2.46. The first-order valence-electron chi connectivity index (χ1n) is 5.66. The summed E-state index contributed by atoms with van der Waals surface area (Å²) in [5.74, 6) is -1.41. The van der Waals surface area contributed by atoms with Crippen LogP contribution in [0.3, 0.4) is 0 Å². The van der Waals surface area contributed by atoms with Crippen molar-refractivity contribution in [1.29, 1.82) is 0 Å². The van der Waals surface area contributed by atoms with Gasteiger partial charge in [-0.3, -0.25) is 0 Å². The van der Waals surface area contributed by atoms with Crippen LogP contribution in [-0.4, -0.2) is 28.4 Å². The van der Waals surface area contributed by atoms with Crippen LogP contribution in [0.2, 0.25) is 0 Å². The Kier molecular flexibility index (Phi) is 3.04. The molecule has 1 N–H and O–H groups in total. The zero-order valence-corrected chi connectivity index (χ0v) is 10.2. The minimum absolute atomic E-state index is 0.0212. The van der Waals surface area contributed by atoms with Gasteiger partial charge in [-0.2, -0.15) is 18.2 Å². The van der Waals surface area contributed by atoms with E-state index in [4.69, 9.17) is 9.52 Å².